The Balaban J connectivity index is 1.66. The van der Waals surface area contributed by atoms with Gasteiger partial charge < -0.3 is 0 Å². The van der Waals surface area contributed by atoms with E-state index in [9.17, 15) is 13.2 Å². The first-order valence-corrected chi connectivity index (χ1v) is 13.8. The van der Waals surface area contributed by atoms with E-state index in [4.69, 9.17) is 4.98 Å². The third kappa shape index (κ3) is 5.61. The van der Waals surface area contributed by atoms with Gasteiger partial charge >= 0.3 is 0 Å². The summed E-state index contributed by atoms with van der Waals surface area (Å²) in [5.41, 5.74) is 3.37. The van der Waals surface area contributed by atoms with Gasteiger partial charge in [0.1, 0.15) is 0 Å². The number of fused-ring (bicyclic) bond motifs is 1. The molecule has 1 aromatic heterocycles. The summed E-state index contributed by atoms with van der Waals surface area (Å²) in [6.07, 6.45) is 1.71. The number of hydrogen-bond donors (Lipinski definition) is 0. The minimum Gasteiger partial charge on any atom is -0.279 e. The van der Waals surface area contributed by atoms with Gasteiger partial charge in [-0.2, -0.15) is 0 Å². The van der Waals surface area contributed by atoms with Gasteiger partial charge in [-0.25, -0.2) is 17.7 Å². The van der Waals surface area contributed by atoms with E-state index in [1.807, 2.05) is 56.3 Å². The Morgan fingerprint density at radius 3 is 2.40 bits per heavy atom. The zero-order chi connectivity index (χ0) is 25.0. The Labute approximate surface area is 210 Å². The van der Waals surface area contributed by atoms with Gasteiger partial charge in [0.15, 0.2) is 5.13 Å². The summed E-state index contributed by atoms with van der Waals surface area (Å²) in [4.78, 5) is 20.2. The fourth-order valence-electron chi connectivity index (χ4n) is 3.73. The topological polar surface area (TPSA) is 70.6 Å². The molecule has 0 fully saturated rings. The number of hydrogen-bond acceptors (Lipinski definition) is 5. The smallest absolute Gasteiger partial charge is 0.260 e. The van der Waals surface area contributed by atoms with Gasteiger partial charge in [0.2, 0.25) is 10.0 Å². The van der Waals surface area contributed by atoms with Crippen LogP contribution in [0.4, 0.5) is 5.13 Å². The SMILES string of the molecule is CCCCN(C)S(=O)(=O)c1ccc(C(=O)N(Cc2ccccc2)c2nc3ccc(C)cc3s2)cc1. The van der Waals surface area contributed by atoms with E-state index >= 15 is 0 Å². The quantitative estimate of drug-likeness (QED) is 0.284. The van der Waals surface area contributed by atoms with Crippen LogP contribution in [0.15, 0.2) is 77.7 Å². The fourth-order valence-corrected chi connectivity index (χ4v) is 6.00. The lowest BCUT2D eigenvalue weighted by Crippen LogP contribution is -2.30. The molecule has 0 unspecified atom stereocenters. The van der Waals surface area contributed by atoms with Crippen LogP contribution in [0.1, 0.15) is 41.3 Å². The largest absolute Gasteiger partial charge is 0.279 e. The van der Waals surface area contributed by atoms with Crippen LogP contribution in [0.2, 0.25) is 0 Å². The van der Waals surface area contributed by atoms with Crippen molar-refractivity contribution < 1.29 is 13.2 Å². The van der Waals surface area contributed by atoms with Crippen molar-refractivity contribution in [2.75, 3.05) is 18.5 Å². The lowest BCUT2D eigenvalue weighted by Gasteiger charge is -2.21. The van der Waals surface area contributed by atoms with Gasteiger partial charge in [-0.05, 0) is 60.9 Å². The Morgan fingerprint density at radius 2 is 1.71 bits per heavy atom. The molecule has 0 saturated heterocycles. The normalized spacial score (nSPS) is 11.8. The molecule has 0 aliphatic rings. The molecule has 0 bridgehead atoms. The van der Waals surface area contributed by atoms with Crippen molar-refractivity contribution in [3.05, 3.63) is 89.5 Å². The zero-order valence-electron chi connectivity index (χ0n) is 20.1. The molecule has 8 heteroatoms. The van der Waals surface area contributed by atoms with Crippen molar-refractivity contribution in [3.63, 3.8) is 0 Å². The summed E-state index contributed by atoms with van der Waals surface area (Å²) in [6, 6.07) is 22.0. The van der Waals surface area contributed by atoms with Crippen molar-refractivity contribution in [2.45, 2.75) is 38.1 Å². The third-order valence-electron chi connectivity index (χ3n) is 5.83. The lowest BCUT2D eigenvalue weighted by molar-refractivity contribution is 0.0985. The van der Waals surface area contributed by atoms with Gasteiger partial charge in [-0.3, -0.25) is 9.69 Å². The first kappa shape index (κ1) is 25.0. The zero-order valence-corrected chi connectivity index (χ0v) is 21.8. The lowest BCUT2D eigenvalue weighted by atomic mass is 10.1. The highest BCUT2D eigenvalue weighted by atomic mass is 32.2. The van der Waals surface area contributed by atoms with Gasteiger partial charge in [0, 0.05) is 19.2 Å². The van der Waals surface area contributed by atoms with E-state index < -0.39 is 10.0 Å². The molecule has 4 aromatic rings. The number of aromatic nitrogens is 1. The minimum atomic E-state index is -3.60. The molecule has 0 N–H and O–H groups in total. The molecule has 0 spiro atoms. The molecule has 35 heavy (non-hydrogen) atoms. The Hall–Kier alpha value is -3.07. The number of aryl methyl sites for hydroxylation is 1. The fraction of sp³-hybridized carbons (Fsp3) is 0.259. The van der Waals surface area contributed by atoms with Crippen LogP contribution in [0.25, 0.3) is 10.2 Å². The summed E-state index contributed by atoms with van der Waals surface area (Å²) in [5, 5.41) is 0.607. The van der Waals surface area contributed by atoms with Crippen molar-refractivity contribution >= 4 is 42.6 Å². The van der Waals surface area contributed by atoms with Crippen LogP contribution < -0.4 is 4.90 Å². The molecular weight excluding hydrogens is 478 g/mol. The minimum absolute atomic E-state index is 0.178. The summed E-state index contributed by atoms with van der Waals surface area (Å²) < 4.78 is 28.1. The Kier molecular flexibility index (Phi) is 7.64. The maximum atomic E-state index is 13.7. The summed E-state index contributed by atoms with van der Waals surface area (Å²) >= 11 is 1.47. The predicted octanol–water partition coefficient (Wildman–Crippen LogP) is 5.87. The molecule has 0 saturated carbocycles. The van der Waals surface area contributed by atoms with Crippen LogP contribution >= 0.6 is 11.3 Å². The molecular formula is C27H29N3O3S2. The molecule has 182 valence electrons. The molecule has 1 amide bonds. The number of thiazole rings is 1. The van der Waals surface area contributed by atoms with Crippen molar-refractivity contribution in [3.8, 4) is 0 Å². The molecule has 6 nitrogen and oxygen atoms in total. The van der Waals surface area contributed by atoms with Crippen LogP contribution in [-0.4, -0.2) is 37.2 Å². The number of nitrogens with zero attached hydrogens (tertiary/aromatic N) is 3. The van der Waals surface area contributed by atoms with Gasteiger partial charge in [-0.1, -0.05) is 61.1 Å². The standard InChI is InChI=1S/C27H29N3O3S2/c1-4-5-17-29(3)35(32,33)23-14-12-22(13-15-23)26(31)30(19-21-9-7-6-8-10-21)27-28-24-16-11-20(2)18-25(24)34-27/h6-16,18H,4-5,17,19H2,1-3H3. The number of unbranched alkanes of at least 4 members (excludes halogenated alkanes) is 1. The number of benzene rings is 3. The second-order valence-corrected chi connectivity index (χ2v) is 11.6. The Morgan fingerprint density at radius 1 is 1.00 bits per heavy atom. The van der Waals surface area contributed by atoms with Crippen LogP contribution in [0.5, 0.6) is 0 Å². The monoisotopic (exact) mass is 507 g/mol. The van der Waals surface area contributed by atoms with Gasteiger partial charge in [0.05, 0.1) is 21.7 Å². The van der Waals surface area contributed by atoms with Crippen molar-refractivity contribution in [1.82, 2.24) is 9.29 Å². The van der Waals surface area contributed by atoms with Gasteiger partial charge in [-0.15, -0.1) is 0 Å². The van der Waals surface area contributed by atoms with E-state index in [2.05, 4.69) is 6.07 Å². The molecule has 4 rings (SSSR count). The molecule has 1 heterocycles. The highest BCUT2D eigenvalue weighted by Gasteiger charge is 2.24. The van der Waals surface area contributed by atoms with Crippen molar-refractivity contribution in [1.29, 1.82) is 0 Å². The summed E-state index contributed by atoms with van der Waals surface area (Å²) in [7, 11) is -2.01. The van der Waals surface area contributed by atoms with Crippen molar-refractivity contribution in [2.24, 2.45) is 0 Å². The first-order chi connectivity index (χ1) is 16.8. The van der Waals surface area contributed by atoms with E-state index in [1.54, 1.807) is 24.1 Å². The summed E-state index contributed by atoms with van der Waals surface area (Å²) in [5.74, 6) is -0.229. The first-order valence-electron chi connectivity index (χ1n) is 11.6. The van der Waals surface area contributed by atoms with Crippen LogP contribution in [-0.2, 0) is 16.6 Å². The molecule has 3 aromatic carbocycles. The third-order valence-corrected chi connectivity index (χ3v) is 8.74. The second kappa shape index (κ2) is 10.7. The van der Waals surface area contributed by atoms with E-state index in [1.165, 1.54) is 27.8 Å². The molecule has 0 aliphatic heterocycles. The number of carbonyl (C=O) groups excluding carboxylic acids is 1. The number of carbonyl (C=O) groups is 1. The summed E-state index contributed by atoms with van der Waals surface area (Å²) in [6.45, 7) is 4.87. The maximum Gasteiger partial charge on any atom is 0.260 e. The average Bonchev–Trinajstić information content (AvgIpc) is 3.29. The number of rotatable bonds is 9. The molecule has 0 atom stereocenters. The average molecular weight is 508 g/mol. The van der Waals surface area contributed by atoms with Gasteiger partial charge in [0.25, 0.3) is 5.91 Å². The van der Waals surface area contributed by atoms with E-state index in [0.29, 0.717) is 23.8 Å². The molecule has 0 aliphatic carbocycles. The van der Waals surface area contributed by atoms with E-state index in [0.717, 1.165) is 34.2 Å². The molecule has 0 radical (unpaired) electrons. The Bertz CT molecular complexity index is 1420. The van der Waals surface area contributed by atoms with E-state index in [-0.39, 0.29) is 10.8 Å². The predicted molar refractivity (Wildman–Crippen MR) is 142 cm³/mol. The number of anilines is 1. The highest BCUT2D eigenvalue weighted by molar-refractivity contribution is 7.89. The number of sulfonamides is 1. The van der Waals surface area contributed by atoms with Crippen LogP contribution in [0.3, 0.4) is 0 Å². The maximum absolute atomic E-state index is 13.7. The van der Waals surface area contributed by atoms with Crippen LogP contribution in [0, 0.1) is 6.92 Å². The number of amides is 1. The second-order valence-electron chi connectivity index (χ2n) is 8.55. The highest BCUT2D eigenvalue weighted by Crippen LogP contribution is 2.31.